The van der Waals surface area contributed by atoms with Crippen LogP contribution in [-0.2, 0) is 9.53 Å². The summed E-state index contributed by atoms with van der Waals surface area (Å²) in [7, 11) is -1.74. The minimum atomic E-state index is -2.79. The van der Waals surface area contributed by atoms with E-state index < -0.39 is 49.2 Å². The Labute approximate surface area is 210 Å². The number of ether oxygens (including phenoxy) is 1. The molecule has 9 nitrogen and oxygen atoms in total. The van der Waals surface area contributed by atoms with Crippen molar-refractivity contribution in [2.75, 3.05) is 26.2 Å². The van der Waals surface area contributed by atoms with Gasteiger partial charge in [-0.3, -0.25) is 9.69 Å². The van der Waals surface area contributed by atoms with Crippen molar-refractivity contribution in [1.82, 2.24) is 15.1 Å². The maximum Gasteiger partial charge on any atom is 0.475 e. The lowest BCUT2D eigenvalue weighted by molar-refractivity contribution is -0.129. The van der Waals surface area contributed by atoms with Gasteiger partial charge in [-0.05, 0) is 58.4 Å². The normalized spacial score (nSPS) is 23.6. The summed E-state index contributed by atoms with van der Waals surface area (Å²) in [6, 6.07) is 1.90. The Balaban J connectivity index is 1.58. The van der Waals surface area contributed by atoms with Gasteiger partial charge >= 0.3 is 13.2 Å². The van der Waals surface area contributed by atoms with Crippen LogP contribution in [0.5, 0.6) is 0 Å². The predicted molar refractivity (Wildman–Crippen MR) is 129 cm³/mol. The van der Waals surface area contributed by atoms with Crippen LogP contribution in [0, 0.1) is 11.3 Å². The van der Waals surface area contributed by atoms with E-state index in [1.165, 1.54) is 11.0 Å². The van der Waals surface area contributed by atoms with E-state index in [2.05, 4.69) is 5.32 Å². The number of amides is 2. The number of alkyl halides is 2. The van der Waals surface area contributed by atoms with Crippen LogP contribution in [0.4, 0.5) is 13.6 Å². The number of likely N-dealkylation sites (tertiary alicyclic amines) is 2. The number of rotatable bonds is 8. The molecular weight excluding hydrogens is 473 g/mol. The molecule has 1 aliphatic carbocycles. The minimum absolute atomic E-state index is 0.0744. The van der Waals surface area contributed by atoms with E-state index in [9.17, 15) is 33.7 Å². The number of allylic oxidation sites excluding steroid dienone is 1. The largest absolute Gasteiger partial charge is 0.475 e. The van der Waals surface area contributed by atoms with Gasteiger partial charge in [0.25, 0.3) is 11.8 Å². The Morgan fingerprint density at radius 1 is 1.39 bits per heavy atom. The first-order valence-corrected chi connectivity index (χ1v) is 12.5. The highest BCUT2D eigenvalue weighted by atomic mass is 19.3. The summed E-state index contributed by atoms with van der Waals surface area (Å²) in [5.74, 6) is -4.24. The minimum Gasteiger partial charge on any atom is -0.444 e. The number of nitrogens with one attached hydrogen (secondary N) is 1. The number of hydrogen-bond acceptors (Lipinski definition) is 7. The van der Waals surface area contributed by atoms with Crippen molar-refractivity contribution in [3.63, 3.8) is 0 Å². The molecule has 0 aromatic rings. The highest BCUT2D eigenvalue weighted by molar-refractivity contribution is 6.43. The maximum atomic E-state index is 13.7. The Hall–Kier alpha value is -2.49. The van der Waals surface area contributed by atoms with E-state index in [1.807, 2.05) is 12.1 Å². The fourth-order valence-electron chi connectivity index (χ4n) is 4.98. The zero-order valence-electron chi connectivity index (χ0n) is 20.9. The lowest BCUT2D eigenvalue weighted by atomic mass is 9.76. The van der Waals surface area contributed by atoms with Crippen LogP contribution in [0.2, 0.25) is 0 Å². The number of alkyl carbamates (subject to hydrolysis) is 1. The number of nitrogens with zero attached hydrogens (tertiary/aromatic N) is 3. The van der Waals surface area contributed by atoms with Gasteiger partial charge in [-0.15, -0.1) is 0 Å². The molecule has 3 aliphatic rings. The third kappa shape index (κ3) is 7.51. The Bertz CT molecular complexity index is 934. The van der Waals surface area contributed by atoms with Gasteiger partial charge in [0, 0.05) is 25.0 Å². The summed E-state index contributed by atoms with van der Waals surface area (Å²) in [6.07, 6.45) is 5.91. The zero-order valence-corrected chi connectivity index (χ0v) is 20.9. The molecule has 12 heteroatoms. The number of carbonyl (C=O) groups excluding carboxylic acids is 2. The molecule has 2 atom stereocenters. The molecular formula is C24H35BF2N4O5. The molecule has 2 aliphatic heterocycles. The summed E-state index contributed by atoms with van der Waals surface area (Å²) in [5, 5.41) is 31.4. The molecule has 3 rings (SSSR count). The van der Waals surface area contributed by atoms with Crippen LogP contribution in [0.25, 0.3) is 0 Å². The summed E-state index contributed by atoms with van der Waals surface area (Å²) < 4.78 is 32.8. The summed E-state index contributed by atoms with van der Waals surface area (Å²) in [5.41, 5.74) is -0.00550. The zero-order chi connectivity index (χ0) is 26.5. The highest BCUT2D eigenvalue weighted by Gasteiger charge is 2.43. The molecule has 198 valence electrons. The third-order valence-electron chi connectivity index (χ3n) is 7.05. The molecule has 0 spiro atoms. The van der Waals surface area contributed by atoms with Gasteiger partial charge in [0.15, 0.2) is 0 Å². The molecule has 2 fully saturated rings. The van der Waals surface area contributed by atoms with E-state index in [-0.39, 0.29) is 25.1 Å². The fourth-order valence-corrected chi connectivity index (χ4v) is 4.98. The van der Waals surface area contributed by atoms with Crippen LogP contribution in [0.3, 0.4) is 0 Å². The molecule has 2 heterocycles. The molecule has 0 bridgehead atoms. The predicted octanol–water partition coefficient (Wildman–Crippen LogP) is 2.15. The van der Waals surface area contributed by atoms with Gasteiger partial charge in [-0.1, -0.05) is 11.6 Å². The van der Waals surface area contributed by atoms with Gasteiger partial charge in [-0.2, -0.15) is 5.26 Å². The van der Waals surface area contributed by atoms with Crippen molar-refractivity contribution in [3.05, 3.63) is 23.3 Å². The smallest absolute Gasteiger partial charge is 0.444 e. The van der Waals surface area contributed by atoms with Crippen LogP contribution >= 0.6 is 0 Å². The second-order valence-electron chi connectivity index (χ2n) is 10.4. The molecule has 0 saturated carbocycles. The van der Waals surface area contributed by atoms with Crippen LogP contribution in [0.1, 0.15) is 58.8 Å². The number of carbonyl (C=O) groups is 2. The highest BCUT2D eigenvalue weighted by Crippen LogP contribution is 2.33. The van der Waals surface area contributed by atoms with Crippen LogP contribution in [-0.4, -0.2) is 88.7 Å². The topological polar surface area (TPSA) is 126 Å². The lowest BCUT2D eigenvalue weighted by Gasteiger charge is -2.35. The first-order chi connectivity index (χ1) is 16.9. The second kappa shape index (κ2) is 11.7. The molecule has 0 aromatic heterocycles. The Morgan fingerprint density at radius 2 is 2.14 bits per heavy atom. The average Bonchev–Trinajstić information content (AvgIpc) is 3.46. The van der Waals surface area contributed by atoms with Crippen LogP contribution < -0.4 is 5.32 Å². The van der Waals surface area contributed by atoms with Gasteiger partial charge < -0.3 is 25.0 Å². The number of piperidine rings is 1. The van der Waals surface area contributed by atoms with Crippen molar-refractivity contribution in [2.45, 2.75) is 82.3 Å². The van der Waals surface area contributed by atoms with E-state index in [4.69, 9.17) is 4.74 Å². The van der Waals surface area contributed by atoms with Gasteiger partial charge in [0.1, 0.15) is 17.7 Å². The third-order valence-corrected chi connectivity index (χ3v) is 7.05. The molecule has 0 radical (unpaired) electrons. The monoisotopic (exact) mass is 508 g/mol. The van der Waals surface area contributed by atoms with Crippen molar-refractivity contribution in [2.24, 2.45) is 0 Å². The summed E-state index contributed by atoms with van der Waals surface area (Å²) >= 11 is 0. The van der Waals surface area contributed by atoms with Crippen molar-refractivity contribution >= 4 is 19.1 Å². The van der Waals surface area contributed by atoms with Gasteiger partial charge in [-0.25, -0.2) is 13.6 Å². The first kappa shape index (κ1) is 28.1. The van der Waals surface area contributed by atoms with E-state index in [0.29, 0.717) is 25.8 Å². The van der Waals surface area contributed by atoms with E-state index in [1.54, 1.807) is 18.7 Å². The maximum absolute atomic E-state index is 13.7. The van der Waals surface area contributed by atoms with Crippen molar-refractivity contribution in [1.29, 1.82) is 5.26 Å². The summed E-state index contributed by atoms with van der Waals surface area (Å²) in [6.45, 7) is 3.56. The van der Waals surface area contributed by atoms with Crippen LogP contribution in [0.15, 0.2) is 23.3 Å². The Kier molecular flexibility index (Phi) is 9.14. The first-order valence-electron chi connectivity index (χ1n) is 12.5. The molecule has 2 amide bonds. The molecule has 36 heavy (non-hydrogen) atoms. The quantitative estimate of drug-likeness (QED) is 0.199. The van der Waals surface area contributed by atoms with E-state index >= 15 is 0 Å². The standard InChI is InChI=1S/C24H35BF2N4O5/c1-23(2,31-11-9-24(26,27)16-31)13-18(14-28)21(32)30-10-5-8-19(15-30)36-22(33)29-20(25(34)35)12-17-6-3-4-7-17/h6,13,19-20,34-35H,3-5,7-12,15-16H2,1-2H3,(H,29,33)/t19?,20-/m0/s1. The molecule has 1 unspecified atom stereocenters. The number of halogens is 2. The average molecular weight is 508 g/mol. The Morgan fingerprint density at radius 3 is 2.72 bits per heavy atom. The molecule has 2 saturated heterocycles. The van der Waals surface area contributed by atoms with Gasteiger partial charge in [0.2, 0.25) is 0 Å². The number of nitriles is 1. The van der Waals surface area contributed by atoms with Gasteiger partial charge in [0.05, 0.1) is 19.0 Å². The summed E-state index contributed by atoms with van der Waals surface area (Å²) in [4.78, 5) is 28.5. The fraction of sp³-hybridized carbons (Fsp3) is 0.708. The van der Waals surface area contributed by atoms with Crippen molar-refractivity contribution < 1.29 is 33.2 Å². The molecule has 3 N–H and O–H groups in total. The van der Waals surface area contributed by atoms with E-state index in [0.717, 1.165) is 24.8 Å². The molecule has 0 aromatic carbocycles. The number of hydrogen-bond donors (Lipinski definition) is 3. The second-order valence-corrected chi connectivity index (χ2v) is 10.4. The lowest BCUT2D eigenvalue weighted by Crippen LogP contribution is -2.50. The SMILES string of the molecule is CC(C)(C=C(C#N)C(=O)N1CCCC(OC(=O)N[C@@H](CC2=CCCC2)B(O)O)C1)N1CCC(F)(F)C1. The van der Waals surface area contributed by atoms with Crippen molar-refractivity contribution in [3.8, 4) is 6.07 Å².